The van der Waals surface area contributed by atoms with Crippen molar-refractivity contribution in [3.05, 3.63) is 23.3 Å². The van der Waals surface area contributed by atoms with Gasteiger partial charge in [0.25, 0.3) is 0 Å². The van der Waals surface area contributed by atoms with Gasteiger partial charge in [-0.25, -0.2) is 0 Å². The fraction of sp³-hybridized carbons (Fsp3) is 0.556. The lowest BCUT2D eigenvalue weighted by Crippen LogP contribution is -2.77. The molecule has 1 aromatic rings. The number of phenols is 1. The van der Waals surface area contributed by atoms with Gasteiger partial charge >= 0.3 is 0 Å². The number of hydrogen-bond donors (Lipinski definition) is 6. The van der Waals surface area contributed by atoms with Crippen LogP contribution >= 0.6 is 0 Å². The Morgan fingerprint density at radius 3 is 2.22 bits per heavy atom. The summed E-state index contributed by atoms with van der Waals surface area (Å²) in [5.74, 6) is -15.3. The second kappa shape index (κ2) is 10.4. The third-order valence-electron chi connectivity index (χ3n) is 8.85. The normalized spacial score (nSPS) is 33.8. The van der Waals surface area contributed by atoms with E-state index < -0.39 is 101 Å². The number of amides is 2. The van der Waals surface area contributed by atoms with Crippen LogP contribution in [0.3, 0.4) is 0 Å². The molecule has 222 valence electrons. The van der Waals surface area contributed by atoms with E-state index in [1.54, 1.807) is 21.0 Å². The minimum Gasteiger partial charge on any atom is -0.505 e. The molecule has 0 radical (unpaired) electrons. The van der Waals surface area contributed by atoms with Crippen LogP contribution in [0.25, 0.3) is 0 Å². The summed E-state index contributed by atoms with van der Waals surface area (Å²) in [6, 6.07) is 0.338. The van der Waals surface area contributed by atoms with E-state index in [1.807, 2.05) is 0 Å². The summed E-state index contributed by atoms with van der Waals surface area (Å²) < 4.78 is 0. The number of aliphatic hydroxyl groups excluding tert-OH is 2. The van der Waals surface area contributed by atoms with E-state index in [0.717, 1.165) is 0 Å². The number of primary amides is 1. The molecule has 3 aliphatic rings. The summed E-state index contributed by atoms with van der Waals surface area (Å²) in [4.78, 5) is 82.0. The zero-order valence-corrected chi connectivity index (χ0v) is 23.2. The number of benzene rings is 1. The molecule has 2 amide bonds. The number of aromatic hydroxyl groups is 1. The van der Waals surface area contributed by atoms with Gasteiger partial charge in [-0.05, 0) is 45.7 Å². The molecule has 14 heteroatoms. The lowest BCUT2D eigenvalue weighted by Gasteiger charge is -2.56. The van der Waals surface area contributed by atoms with Crippen molar-refractivity contribution in [2.45, 2.75) is 36.6 Å². The molecular formula is C27H34N4O10. The highest BCUT2D eigenvalue weighted by Crippen LogP contribution is 2.55. The molecule has 3 aliphatic carbocycles. The van der Waals surface area contributed by atoms with Crippen molar-refractivity contribution in [1.29, 1.82) is 0 Å². The quantitative estimate of drug-likeness (QED) is 0.150. The summed E-state index contributed by atoms with van der Waals surface area (Å²) in [6.07, 6.45) is -1.74. The van der Waals surface area contributed by atoms with Crippen LogP contribution in [0, 0.1) is 23.7 Å². The highest BCUT2D eigenvalue weighted by molar-refractivity contribution is 6.32. The number of phenolic OH excluding ortho intramolecular Hbond substituents is 1. The van der Waals surface area contributed by atoms with E-state index in [4.69, 9.17) is 5.73 Å². The van der Waals surface area contributed by atoms with Crippen LogP contribution in [0.4, 0.5) is 5.69 Å². The predicted molar refractivity (Wildman–Crippen MR) is 141 cm³/mol. The first-order chi connectivity index (χ1) is 19.0. The lowest BCUT2D eigenvalue weighted by atomic mass is 9.49. The molecule has 7 N–H and O–H groups in total. The molecule has 41 heavy (non-hydrogen) atoms. The maximum absolute atomic E-state index is 14.0. The van der Waals surface area contributed by atoms with Crippen LogP contribution in [-0.2, 0) is 24.0 Å². The first-order valence-corrected chi connectivity index (χ1v) is 13.0. The SMILES string of the molecule is CC1c2ccc(NC(=O)C(CO)N(C)C)c(O)c2C(=O)C2C(=O)[C@]3(O)C(=O)C(C(N)=O)C(=O)[C@@H](N(C)C)C3C(O)C21. The average Bonchev–Trinajstić information content (AvgIpc) is 2.87. The van der Waals surface area contributed by atoms with E-state index in [2.05, 4.69) is 5.32 Å². The molecule has 4 rings (SSSR count). The van der Waals surface area contributed by atoms with Crippen molar-refractivity contribution in [3.63, 3.8) is 0 Å². The number of nitrogens with one attached hydrogen (secondary N) is 1. The Hall–Kier alpha value is -3.56. The van der Waals surface area contributed by atoms with E-state index in [9.17, 15) is 49.2 Å². The first-order valence-electron chi connectivity index (χ1n) is 13.0. The minimum absolute atomic E-state index is 0.186. The maximum atomic E-state index is 14.0. The molecule has 14 nitrogen and oxygen atoms in total. The number of anilines is 1. The molecule has 7 unspecified atom stereocenters. The first kappa shape index (κ1) is 30.4. The van der Waals surface area contributed by atoms with Gasteiger partial charge in [-0.3, -0.25) is 38.6 Å². The van der Waals surface area contributed by atoms with Gasteiger partial charge in [0.05, 0.1) is 41.8 Å². The van der Waals surface area contributed by atoms with Crippen molar-refractivity contribution >= 4 is 40.6 Å². The van der Waals surface area contributed by atoms with Crippen LogP contribution in [-0.4, -0.2) is 124 Å². The van der Waals surface area contributed by atoms with Gasteiger partial charge in [-0.15, -0.1) is 0 Å². The lowest BCUT2D eigenvalue weighted by molar-refractivity contribution is -0.196. The zero-order chi connectivity index (χ0) is 30.9. The minimum atomic E-state index is -3.10. The standard InChI is InChI=1S/C27H34N4O10/c1-9-10-6-7-11(29-26(40)12(8-32)30(2)3)19(33)14(10)20(34)15-13(9)21(35)17-18(31(4)5)22(36)16(25(28)39)24(38)27(17,41)23(15)37/h6-7,9,12-13,15-18,21,32-33,35,41H,8H2,1-5H3,(H2,28,39)(H,29,40)/t9?,12?,13?,15?,16?,17?,18-,21?,27-/m0/s1. The van der Waals surface area contributed by atoms with Crippen molar-refractivity contribution < 1.29 is 49.2 Å². The van der Waals surface area contributed by atoms with Crippen molar-refractivity contribution in [1.82, 2.24) is 9.80 Å². The fourth-order valence-corrected chi connectivity index (χ4v) is 6.79. The Morgan fingerprint density at radius 1 is 1.10 bits per heavy atom. The zero-order valence-electron chi connectivity index (χ0n) is 23.2. The average molecular weight is 575 g/mol. The number of carbonyl (C=O) groups is 6. The van der Waals surface area contributed by atoms with Crippen LogP contribution < -0.4 is 11.1 Å². The number of nitrogens with zero attached hydrogens (tertiary/aromatic N) is 2. The summed E-state index contributed by atoms with van der Waals surface area (Å²) >= 11 is 0. The number of rotatable bonds is 6. The topological polar surface area (TPSA) is 228 Å². The molecule has 0 aliphatic heterocycles. The van der Waals surface area contributed by atoms with Crippen molar-refractivity contribution in [2.75, 3.05) is 40.1 Å². The third-order valence-corrected chi connectivity index (χ3v) is 8.85. The van der Waals surface area contributed by atoms with Crippen LogP contribution in [0.15, 0.2) is 12.1 Å². The van der Waals surface area contributed by atoms with Crippen molar-refractivity contribution in [3.8, 4) is 5.75 Å². The number of aliphatic hydroxyl groups is 3. The van der Waals surface area contributed by atoms with Gasteiger partial charge < -0.3 is 31.5 Å². The highest BCUT2D eigenvalue weighted by Gasteiger charge is 2.72. The second-order valence-corrected chi connectivity index (χ2v) is 11.4. The summed E-state index contributed by atoms with van der Waals surface area (Å²) in [5.41, 5.74) is 1.91. The van der Waals surface area contributed by atoms with Gasteiger partial charge in [-0.2, -0.15) is 0 Å². The summed E-state index contributed by atoms with van der Waals surface area (Å²) in [5, 5.41) is 46.4. The van der Waals surface area contributed by atoms with Crippen LogP contribution in [0.2, 0.25) is 0 Å². The Morgan fingerprint density at radius 2 is 1.71 bits per heavy atom. The number of nitrogens with two attached hydrogens (primary N) is 1. The summed E-state index contributed by atoms with van der Waals surface area (Å²) in [7, 11) is 5.94. The molecule has 1 aromatic carbocycles. The molecular weight excluding hydrogens is 540 g/mol. The van der Waals surface area contributed by atoms with Crippen LogP contribution in [0.5, 0.6) is 5.75 Å². The Bertz CT molecular complexity index is 1360. The van der Waals surface area contributed by atoms with Gasteiger partial charge in [0.15, 0.2) is 34.7 Å². The number of likely N-dealkylation sites (N-methyl/N-ethyl adjacent to an activating group) is 2. The number of hydrogen-bond acceptors (Lipinski definition) is 12. The van der Waals surface area contributed by atoms with Crippen molar-refractivity contribution in [2.24, 2.45) is 29.4 Å². The predicted octanol–water partition coefficient (Wildman–Crippen LogP) is -2.74. The largest absolute Gasteiger partial charge is 0.505 e. The fourth-order valence-electron chi connectivity index (χ4n) is 6.79. The number of Topliss-reactive ketones (excluding diaryl/α,β-unsaturated/α-hetero) is 4. The smallest absolute Gasteiger partial charge is 0.244 e. The Kier molecular flexibility index (Phi) is 7.69. The van der Waals surface area contributed by atoms with Crippen LogP contribution in [0.1, 0.15) is 28.8 Å². The van der Waals surface area contributed by atoms with E-state index in [-0.39, 0.29) is 16.8 Å². The molecule has 0 heterocycles. The Balaban J connectivity index is 1.85. The monoisotopic (exact) mass is 574 g/mol. The number of fused-ring (bicyclic) bond motifs is 3. The highest BCUT2D eigenvalue weighted by atomic mass is 16.3. The molecule has 9 atom stereocenters. The maximum Gasteiger partial charge on any atom is 0.244 e. The number of carbonyl (C=O) groups excluding carboxylic acids is 6. The van der Waals surface area contributed by atoms with E-state index >= 15 is 0 Å². The summed E-state index contributed by atoms with van der Waals surface area (Å²) in [6.45, 7) is 1.05. The van der Waals surface area contributed by atoms with Gasteiger partial charge in [-0.1, -0.05) is 13.0 Å². The molecule has 0 saturated heterocycles. The van der Waals surface area contributed by atoms with E-state index in [0.29, 0.717) is 0 Å². The molecule has 2 fully saturated rings. The Labute approximate surface area is 235 Å². The van der Waals surface area contributed by atoms with Gasteiger partial charge in [0.1, 0.15) is 11.8 Å². The molecule has 0 spiro atoms. The van der Waals surface area contributed by atoms with Gasteiger partial charge in [0, 0.05) is 5.92 Å². The van der Waals surface area contributed by atoms with Gasteiger partial charge in [0.2, 0.25) is 11.8 Å². The number of ketones is 4. The second-order valence-electron chi connectivity index (χ2n) is 11.4. The molecule has 2 saturated carbocycles. The third kappa shape index (κ3) is 4.20. The van der Waals surface area contributed by atoms with E-state index in [1.165, 1.54) is 36.0 Å². The molecule has 0 bridgehead atoms. The molecule has 0 aromatic heterocycles.